The molecule has 3 heterocycles. The van der Waals surface area contributed by atoms with Crippen LogP contribution in [0.15, 0.2) is 22.6 Å². The van der Waals surface area contributed by atoms with Crippen molar-refractivity contribution < 1.29 is 9.53 Å². The second-order valence-electron chi connectivity index (χ2n) is 5.36. The lowest BCUT2D eigenvalue weighted by molar-refractivity contribution is -0.116. The average molecular weight is 322 g/mol. The maximum absolute atomic E-state index is 12.0. The molecule has 1 aliphatic rings. The first-order valence-electron chi connectivity index (χ1n) is 7.20. The predicted molar refractivity (Wildman–Crippen MR) is 83.1 cm³/mol. The van der Waals surface area contributed by atoms with Crippen LogP contribution in [0.25, 0.3) is 0 Å². The SMILES string of the molecule is Cc1csc(=O)n1CC(=O)Nc1cnn(CC2CCCO2)c1. The minimum Gasteiger partial charge on any atom is -0.376 e. The van der Waals surface area contributed by atoms with Crippen molar-refractivity contribution in [3.05, 3.63) is 33.1 Å². The van der Waals surface area contributed by atoms with Crippen LogP contribution in [0.1, 0.15) is 18.5 Å². The van der Waals surface area contributed by atoms with Crippen LogP contribution in [-0.2, 0) is 22.6 Å². The fraction of sp³-hybridized carbons (Fsp3) is 0.500. The first kappa shape index (κ1) is 15.0. The number of thiazole rings is 1. The summed E-state index contributed by atoms with van der Waals surface area (Å²) in [6.07, 6.45) is 5.72. The van der Waals surface area contributed by atoms with Gasteiger partial charge in [0.05, 0.1) is 24.5 Å². The van der Waals surface area contributed by atoms with Crippen LogP contribution in [0.4, 0.5) is 5.69 Å². The second-order valence-corrected chi connectivity index (χ2v) is 6.18. The number of amides is 1. The van der Waals surface area contributed by atoms with E-state index in [1.54, 1.807) is 22.5 Å². The topological polar surface area (TPSA) is 78.2 Å². The van der Waals surface area contributed by atoms with E-state index < -0.39 is 0 Å². The highest BCUT2D eigenvalue weighted by Crippen LogP contribution is 2.15. The van der Waals surface area contributed by atoms with Gasteiger partial charge in [0.1, 0.15) is 6.54 Å². The van der Waals surface area contributed by atoms with Gasteiger partial charge in [-0.25, -0.2) is 0 Å². The van der Waals surface area contributed by atoms with Crippen LogP contribution in [0.2, 0.25) is 0 Å². The molecule has 0 bridgehead atoms. The minimum atomic E-state index is -0.236. The van der Waals surface area contributed by atoms with Gasteiger partial charge in [0.2, 0.25) is 5.91 Å². The molecule has 1 unspecified atom stereocenters. The summed E-state index contributed by atoms with van der Waals surface area (Å²) in [5.74, 6) is -0.236. The predicted octanol–water partition coefficient (Wildman–Crippen LogP) is 1.23. The van der Waals surface area contributed by atoms with Crippen molar-refractivity contribution in [1.82, 2.24) is 14.3 Å². The van der Waals surface area contributed by atoms with Crippen LogP contribution in [0.5, 0.6) is 0 Å². The second kappa shape index (κ2) is 6.45. The number of rotatable bonds is 5. The van der Waals surface area contributed by atoms with Crippen LogP contribution in [-0.4, -0.2) is 33.0 Å². The van der Waals surface area contributed by atoms with Crippen molar-refractivity contribution >= 4 is 22.9 Å². The smallest absolute Gasteiger partial charge is 0.307 e. The molecule has 1 atom stereocenters. The maximum atomic E-state index is 12.0. The molecule has 2 aromatic rings. The Hall–Kier alpha value is -1.93. The number of hydrogen-bond acceptors (Lipinski definition) is 5. The minimum absolute atomic E-state index is 0.0189. The quantitative estimate of drug-likeness (QED) is 0.898. The zero-order valence-electron chi connectivity index (χ0n) is 12.3. The van der Waals surface area contributed by atoms with Crippen LogP contribution >= 0.6 is 11.3 Å². The maximum Gasteiger partial charge on any atom is 0.307 e. The molecule has 3 rings (SSSR count). The highest BCUT2D eigenvalue weighted by Gasteiger charge is 2.16. The summed E-state index contributed by atoms with van der Waals surface area (Å²) in [5, 5.41) is 8.73. The number of nitrogens with zero attached hydrogens (tertiary/aromatic N) is 3. The molecular weight excluding hydrogens is 304 g/mol. The van der Waals surface area contributed by atoms with Crippen LogP contribution in [0, 0.1) is 6.92 Å². The molecule has 8 heteroatoms. The Bertz CT molecular complexity index is 712. The summed E-state index contributed by atoms with van der Waals surface area (Å²) in [6, 6.07) is 0. The number of nitrogens with one attached hydrogen (secondary N) is 1. The van der Waals surface area contributed by atoms with Crippen molar-refractivity contribution in [1.29, 1.82) is 0 Å². The number of carbonyl (C=O) groups is 1. The first-order chi connectivity index (χ1) is 10.6. The van der Waals surface area contributed by atoms with E-state index in [1.165, 1.54) is 4.57 Å². The molecule has 1 amide bonds. The van der Waals surface area contributed by atoms with E-state index >= 15 is 0 Å². The van der Waals surface area contributed by atoms with E-state index in [9.17, 15) is 9.59 Å². The molecule has 0 spiro atoms. The summed E-state index contributed by atoms with van der Waals surface area (Å²) in [5.41, 5.74) is 1.42. The van der Waals surface area contributed by atoms with Gasteiger partial charge in [-0.2, -0.15) is 5.10 Å². The Morgan fingerprint density at radius 1 is 1.59 bits per heavy atom. The molecule has 1 saturated heterocycles. The lowest BCUT2D eigenvalue weighted by atomic mass is 10.2. The van der Waals surface area contributed by atoms with Gasteiger partial charge in [-0.15, -0.1) is 0 Å². The molecular formula is C14H18N4O3S. The molecule has 1 fully saturated rings. The van der Waals surface area contributed by atoms with Crippen molar-refractivity contribution in [2.45, 2.75) is 39.0 Å². The first-order valence-corrected chi connectivity index (χ1v) is 8.08. The van der Waals surface area contributed by atoms with E-state index in [4.69, 9.17) is 4.74 Å². The number of anilines is 1. The fourth-order valence-corrected chi connectivity index (χ4v) is 3.20. The van der Waals surface area contributed by atoms with E-state index in [0.29, 0.717) is 12.2 Å². The normalized spacial score (nSPS) is 17.8. The van der Waals surface area contributed by atoms with Crippen LogP contribution in [0.3, 0.4) is 0 Å². The number of carbonyl (C=O) groups excluding carboxylic acids is 1. The molecule has 1 aliphatic heterocycles. The third kappa shape index (κ3) is 3.45. The number of ether oxygens (including phenoxy) is 1. The standard InChI is InChI=1S/C14H18N4O3S/c1-10-9-22-14(20)18(10)8-13(19)16-11-5-15-17(6-11)7-12-3-2-4-21-12/h5-6,9,12H,2-4,7-8H2,1H3,(H,16,19). The number of hydrogen-bond donors (Lipinski definition) is 1. The zero-order valence-corrected chi connectivity index (χ0v) is 13.1. The summed E-state index contributed by atoms with van der Waals surface area (Å²) in [4.78, 5) is 23.5. The van der Waals surface area contributed by atoms with Gasteiger partial charge >= 0.3 is 4.87 Å². The average Bonchev–Trinajstić information content (AvgIpc) is 3.19. The zero-order chi connectivity index (χ0) is 15.5. The summed E-state index contributed by atoms with van der Waals surface area (Å²) in [7, 11) is 0. The number of aromatic nitrogens is 3. The molecule has 0 radical (unpaired) electrons. The summed E-state index contributed by atoms with van der Waals surface area (Å²) in [6.45, 7) is 3.33. The fourth-order valence-electron chi connectivity index (χ4n) is 2.47. The van der Waals surface area contributed by atoms with Crippen molar-refractivity contribution in [2.24, 2.45) is 0 Å². The van der Waals surface area contributed by atoms with Gasteiger partial charge in [0, 0.05) is 23.9 Å². The lowest BCUT2D eigenvalue weighted by Gasteiger charge is -2.08. The van der Waals surface area contributed by atoms with E-state index in [-0.39, 0.29) is 23.4 Å². The molecule has 22 heavy (non-hydrogen) atoms. The highest BCUT2D eigenvalue weighted by molar-refractivity contribution is 7.07. The Kier molecular flexibility index (Phi) is 4.39. The molecule has 0 saturated carbocycles. The lowest BCUT2D eigenvalue weighted by Crippen LogP contribution is -2.25. The van der Waals surface area contributed by atoms with E-state index in [0.717, 1.165) is 36.5 Å². The monoisotopic (exact) mass is 322 g/mol. The van der Waals surface area contributed by atoms with Gasteiger partial charge in [-0.05, 0) is 19.8 Å². The number of aryl methyl sites for hydroxylation is 1. The van der Waals surface area contributed by atoms with Crippen LogP contribution < -0.4 is 10.2 Å². The van der Waals surface area contributed by atoms with Crippen molar-refractivity contribution in [2.75, 3.05) is 11.9 Å². The van der Waals surface area contributed by atoms with Crippen molar-refractivity contribution in [3.8, 4) is 0 Å². The van der Waals surface area contributed by atoms with Gasteiger partial charge in [-0.3, -0.25) is 18.8 Å². The van der Waals surface area contributed by atoms with Crippen molar-refractivity contribution in [3.63, 3.8) is 0 Å². The molecule has 0 aliphatic carbocycles. The molecule has 0 aromatic carbocycles. The molecule has 118 valence electrons. The Labute approximate surface area is 131 Å². The van der Waals surface area contributed by atoms with Gasteiger partial charge in [0.15, 0.2) is 0 Å². The van der Waals surface area contributed by atoms with E-state index in [2.05, 4.69) is 10.4 Å². The highest BCUT2D eigenvalue weighted by atomic mass is 32.1. The molecule has 7 nitrogen and oxygen atoms in total. The molecule has 1 N–H and O–H groups in total. The van der Waals surface area contributed by atoms with Gasteiger partial charge < -0.3 is 10.1 Å². The Morgan fingerprint density at radius 2 is 2.45 bits per heavy atom. The van der Waals surface area contributed by atoms with E-state index in [1.807, 2.05) is 6.92 Å². The van der Waals surface area contributed by atoms with Gasteiger partial charge in [0.25, 0.3) is 0 Å². The summed E-state index contributed by atoms with van der Waals surface area (Å²) >= 11 is 1.10. The molecule has 2 aromatic heterocycles. The largest absolute Gasteiger partial charge is 0.376 e. The Balaban J connectivity index is 1.57. The third-order valence-corrected chi connectivity index (χ3v) is 4.49. The Morgan fingerprint density at radius 3 is 3.14 bits per heavy atom. The van der Waals surface area contributed by atoms with Gasteiger partial charge in [-0.1, -0.05) is 11.3 Å². The summed E-state index contributed by atoms with van der Waals surface area (Å²) < 4.78 is 8.79. The third-order valence-electron chi connectivity index (χ3n) is 3.61.